The Morgan fingerprint density at radius 2 is 1.60 bits per heavy atom. The lowest BCUT2D eigenvalue weighted by Gasteiger charge is -2.18. The molecule has 3 N–H and O–H groups in total. The summed E-state index contributed by atoms with van der Waals surface area (Å²) in [5.41, 5.74) is 1.73. The van der Waals surface area contributed by atoms with Crippen LogP contribution in [0, 0.1) is 0 Å². The van der Waals surface area contributed by atoms with Gasteiger partial charge in [-0.1, -0.05) is 19.1 Å². The van der Waals surface area contributed by atoms with E-state index < -0.39 is 16.1 Å². The molecule has 0 aliphatic rings. The zero-order chi connectivity index (χ0) is 22.1. The maximum Gasteiger partial charge on any atom is 0.232 e. The fourth-order valence-electron chi connectivity index (χ4n) is 2.85. The maximum absolute atomic E-state index is 12.5. The second kappa shape index (κ2) is 10.6. The summed E-state index contributed by atoms with van der Waals surface area (Å²) >= 11 is 0. The van der Waals surface area contributed by atoms with E-state index in [4.69, 9.17) is 4.74 Å². The molecule has 9 heteroatoms. The highest BCUT2D eigenvalue weighted by Gasteiger charge is 2.17. The first kappa shape index (κ1) is 23.2. The number of anilines is 2. The van der Waals surface area contributed by atoms with Crippen LogP contribution in [0.15, 0.2) is 48.5 Å². The zero-order valence-corrected chi connectivity index (χ0v) is 18.1. The largest absolute Gasteiger partial charge is 0.497 e. The molecule has 0 aromatic heterocycles. The normalized spacial score (nSPS) is 12.0. The molecule has 162 valence electrons. The molecule has 0 aliphatic heterocycles. The number of amides is 2. The van der Waals surface area contributed by atoms with Gasteiger partial charge in [-0.25, -0.2) is 8.42 Å². The number of hydrogen-bond donors (Lipinski definition) is 3. The molecule has 0 fully saturated rings. The van der Waals surface area contributed by atoms with Crippen molar-refractivity contribution in [3.63, 3.8) is 0 Å². The minimum Gasteiger partial charge on any atom is -0.497 e. The molecule has 0 radical (unpaired) electrons. The van der Waals surface area contributed by atoms with Gasteiger partial charge in [-0.2, -0.15) is 0 Å². The van der Waals surface area contributed by atoms with E-state index in [1.165, 1.54) is 6.92 Å². The summed E-state index contributed by atoms with van der Waals surface area (Å²) < 4.78 is 31.3. The minimum atomic E-state index is -3.37. The van der Waals surface area contributed by atoms with Crippen molar-refractivity contribution in [2.75, 3.05) is 22.9 Å². The minimum absolute atomic E-state index is 0.0385. The molecule has 2 rings (SSSR count). The first-order valence-electron chi connectivity index (χ1n) is 9.54. The first-order chi connectivity index (χ1) is 14.2. The van der Waals surface area contributed by atoms with Crippen molar-refractivity contribution in [2.24, 2.45) is 0 Å². The van der Waals surface area contributed by atoms with Crippen LogP contribution in [-0.2, 0) is 19.6 Å². The van der Waals surface area contributed by atoms with Gasteiger partial charge in [0.05, 0.1) is 25.3 Å². The zero-order valence-electron chi connectivity index (χ0n) is 17.3. The van der Waals surface area contributed by atoms with E-state index in [0.29, 0.717) is 23.5 Å². The molecule has 0 heterocycles. The molecule has 2 aromatic carbocycles. The van der Waals surface area contributed by atoms with Crippen LogP contribution < -0.4 is 20.1 Å². The first-order valence-corrected chi connectivity index (χ1v) is 11.2. The number of hydrogen-bond acceptors (Lipinski definition) is 5. The highest BCUT2D eigenvalue weighted by atomic mass is 32.2. The molecule has 0 aliphatic carbocycles. The smallest absolute Gasteiger partial charge is 0.232 e. The van der Waals surface area contributed by atoms with Crippen LogP contribution in [0.4, 0.5) is 11.4 Å². The Morgan fingerprint density at radius 1 is 1.00 bits per heavy atom. The highest BCUT2D eigenvalue weighted by Crippen LogP contribution is 2.22. The van der Waals surface area contributed by atoms with Crippen molar-refractivity contribution in [2.45, 2.75) is 32.7 Å². The molecule has 2 aromatic rings. The Bertz CT molecular complexity index is 957. The van der Waals surface area contributed by atoms with Crippen molar-refractivity contribution in [1.29, 1.82) is 0 Å². The van der Waals surface area contributed by atoms with Gasteiger partial charge in [0.15, 0.2) is 0 Å². The van der Waals surface area contributed by atoms with Gasteiger partial charge in [0.1, 0.15) is 5.75 Å². The van der Waals surface area contributed by atoms with E-state index >= 15 is 0 Å². The number of benzene rings is 2. The van der Waals surface area contributed by atoms with Crippen LogP contribution in [-0.4, -0.2) is 33.1 Å². The predicted molar refractivity (Wildman–Crippen MR) is 117 cm³/mol. The van der Waals surface area contributed by atoms with Crippen LogP contribution in [0.5, 0.6) is 5.75 Å². The third kappa shape index (κ3) is 7.40. The maximum atomic E-state index is 12.5. The van der Waals surface area contributed by atoms with Crippen molar-refractivity contribution < 1.29 is 22.7 Å². The molecule has 1 unspecified atom stereocenters. The predicted octanol–water partition coefficient (Wildman–Crippen LogP) is 3.05. The lowest BCUT2D eigenvalue weighted by molar-refractivity contribution is -0.120. The van der Waals surface area contributed by atoms with E-state index in [1.54, 1.807) is 62.6 Å². The molecule has 30 heavy (non-hydrogen) atoms. The average Bonchev–Trinajstić information content (AvgIpc) is 2.68. The summed E-state index contributed by atoms with van der Waals surface area (Å²) in [6.45, 7) is 3.19. The Kier molecular flexibility index (Phi) is 8.23. The summed E-state index contributed by atoms with van der Waals surface area (Å²) in [6, 6.07) is 13.0. The van der Waals surface area contributed by atoms with Gasteiger partial charge < -0.3 is 15.4 Å². The average molecular weight is 434 g/mol. The molecule has 8 nitrogen and oxygen atoms in total. The molecule has 2 amide bonds. The molecule has 0 saturated carbocycles. The molecular formula is C21H27N3O5S. The molecule has 0 spiro atoms. The summed E-state index contributed by atoms with van der Waals surface area (Å²) in [4.78, 5) is 24.1. The third-order valence-electron chi connectivity index (χ3n) is 4.20. The number of sulfonamides is 1. The molecule has 1 atom stereocenters. The van der Waals surface area contributed by atoms with Gasteiger partial charge in [0, 0.05) is 18.3 Å². The topological polar surface area (TPSA) is 114 Å². The Hall–Kier alpha value is -3.07. The van der Waals surface area contributed by atoms with Crippen molar-refractivity contribution in [3.8, 4) is 5.75 Å². The monoisotopic (exact) mass is 433 g/mol. The van der Waals surface area contributed by atoms with Crippen molar-refractivity contribution in [1.82, 2.24) is 5.32 Å². The van der Waals surface area contributed by atoms with Gasteiger partial charge >= 0.3 is 0 Å². The summed E-state index contributed by atoms with van der Waals surface area (Å²) in [7, 11) is -1.81. The second-order valence-electron chi connectivity index (χ2n) is 6.78. The lowest BCUT2D eigenvalue weighted by Crippen LogP contribution is -2.29. The van der Waals surface area contributed by atoms with Crippen LogP contribution in [0.1, 0.15) is 38.3 Å². The number of methoxy groups -OCH3 is 1. The van der Waals surface area contributed by atoms with Crippen LogP contribution in [0.25, 0.3) is 0 Å². The van der Waals surface area contributed by atoms with Crippen molar-refractivity contribution in [3.05, 3.63) is 54.1 Å². The Labute approximate surface area is 177 Å². The van der Waals surface area contributed by atoms with E-state index in [9.17, 15) is 18.0 Å². The van der Waals surface area contributed by atoms with Crippen LogP contribution in [0.3, 0.4) is 0 Å². The van der Waals surface area contributed by atoms with Crippen LogP contribution >= 0.6 is 0 Å². The number of carbonyl (C=O) groups excluding carboxylic acids is 2. The van der Waals surface area contributed by atoms with Gasteiger partial charge in [-0.3, -0.25) is 14.3 Å². The van der Waals surface area contributed by atoms with Crippen molar-refractivity contribution >= 4 is 33.2 Å². The quantitative estimate of drug-likeness (QED) is 0.533. The number of rotatable bonds is 10. The van der Waals surface area contributed by atoms with Crippen LogP contribution in [0.2, 0.25) is 0 Å². The number of carbonyl (C=O) groups is 2. The Balaban J connectivity index is 2.03. The van der Waals surface area contributed by atoms with E-state index in [-0.39, 0.29) is 24.0 Å². The molecule has 0 bridgehead atoms. The standard InChI is InChI=1S/C21H27N3O5S/c1-4-13-30(27,28)24-18-9-7-17(8-10-18)23-21(26)14-20(22-15(2)25)16-5-11-19(29-3)12-6-16/h5-12,20,24H,4,13-14H2,1-3H3,(H,22,25)(H,23,26). The fraction of sp³-hybridized carbons (Fsp3) is 0.333. The SMILES string of the molecule is CCCS(=O)(=O)Nc1ccc(NC(=O)CC(NC(C)=O)c2ccc(OC)cc2)cc1. The fourth-order valence-corrected chi connectivity index (χ4v) is 3.99. The summed E-state index contributed by atoms with van der Waals surface area (Å²) in [5, 5.41) is 5.54. The number of ether oxygens (including phenoxy) is 1. The number of nitrogens with one attached hydrogen (secondary N) is 3. The van der Waals surface area contributed by atoms with Gasteiger partial charge in [0.25, 0.3) is 0 Å². The highest BCUT2D eigenvalue weighted by molar-refractivity contribution is 7.92. The summed E-state index contributed by atoms with van der Waals surface area (Å²) in [6.07, 6.45) is 0.559. The molecule has 0 saturated heterocycles. The van der Waals surface area contributed by atoms with Gasteiger partial charge in [-0.15, -0.1) is 0 Å². The third-order valence-corrected chi connectivity index (χ3v) is 5.69. The lowest BCUT2D eigenvalue weighted by atomic mass is 10.0. The molecular weight excluding hydrogens is 406 g/mol. The van der Waals surface area contributed by atoms with E-state index in [1.807, 2.05) is 0 Å². The van der Waals surface area contributed by atoms with E-state index in [2.05, 4.69) is 15.4 Å². The summed E-state index contributed by atoms with van der Waals surface area (Å²) in [5.74, 6) is 0.192. The van der Waals surface area contributed by atoms with Gasteiger partial charge in [0.2, 0.25) is 21.8 Å². The van der Waals surface area contributed by atoms with Gasteiger partial charge in [-0.05, 0) is 48.4 Å². The second-order valence-corrected chi connectivity index (χ2v) is 8.62. The Morgan fingerprint density at radius 3 is 2.13 bits per heavy atom. The van der Waals surface area contributed by atoms with E-state index in [0.717, 1.165) is 5.56 Å².